The second kappa shape index (κ2) is 6.74. The van der Waals surface area contributed by atoms with Crippen LogP contribution in [0.25, 0.3) is 32.0 Å². The summed E-state index contributed by atoms with van der Waals surface area (Å²) in [5, 5.41) is 4.36. The summed E-state index contributed by atoms with van der Waals surface area (Å²) in [7, 11) is 0. The molecule has 0 saturated heterocycles. The van der Waals surface area contributed by atoms with E-state index < -0.39 is 0 Å². The van der Waals surface area contributed by atoms with Crippen molar-refractivity contribution in [2.75, 3.05) is 5.73 Å². The van der Waals surface area contributed by atoms with Crippen LogP contribution < -0.4 is 5.73 Å². The number of thiazole rings is 1. The van der Waals surface area contributed by atoms with Crippen LogP contribution in [0.2, 0.25) is 0 Å². The first-order chi connectivity index (χ1) is 12.1. The quantitative estimate of drug-likeness (QED) is 0.466. The largest absolute Gasteiger partial charge is 0.397 e. The Morgan fingerprint density at radius 1 is 1.24 bits per heavy atom. The summed E-state index contributed by atoms with van der Waals surface area (Å²) in [6, 6.07) is 6.07. The van der Waals surface area contributed by atoms with Gasteiger partial charge < -0.3 is 5.73 Å². The van der Waals surface area contributed by atoms with Gasteiger partial charge in [0.05, 0.1) is 9.90 Å². The monoisotopic (exact) mass is 384 g/mol. The van der Waals surface area contributed by atoms with Crippen LogP contribution in [0.5, 0.6) is 0 Å². The first kappa shape index (κ1) is 16.5. The summed E-state index contributed by atoms with van der Waals surface area (Å²) in [6.45, 7) is 4.34. The van der Waals surface area contributed by atoms with E-state index in [1.54, 1.807) is 46.8 Å². The maximum atomic E-state index is 6.51. The van der Waals surface area contributed by atoms with Crippen LogP contribution in [-0.4, -0.2) is 20.2 Å². The van der Waals surface area contributed by atoms with Gasteiger partial charge in [-0.2, -0.15) is 0 Å². The minimum absolute atomic E-state index is 0.468. The molecule has 2 N–H and O–H groups in total. The van der Waals surface area contributed by atoms with Crippen molar-refractivity contribution in [1.82, 2.24) is 15.0 Å². The van der Waals surface area contributed by atoms with Gasteiger partial charge in [0.2, 0.25) is 0 Å². The molecule has 4 nitrogen and oxygen atoms in total. The average Bonchev–Trinajstić information content (AvgIpc) is 3.24. The number of thiophene rings is 1. The Balaban J connectivity index is 2.00. The van der Waals surface area contributed by atoms with Gasteiger partial charge >= 0.3 is 0 Å². The first-order valence-electron chi connectivity index (χ1n) is 7.83. The molecule has 4 rings (SSSR count). The molecule has 4 aromatic heterocycles. The number of nitrogen functional groups attached to an aromatic ring is 1. The maximum Gasteiger partial charge on any atom is 0.141 e. The molecule has 0 radical (unpaired) electrons. The van der Waals surface area contributed by atoms with Gasteiger partial charge in [-0.05, 0) is 17.7 Å². The molecule has 0 saturated carbocycles. The molecule has 25 heavy (non-hydrogen) atoms. The Kier molecular flexibility index (Phi) is 4.45. The normalized spacial score (nSPS) is 11.5. The summed E-state index contributed by atoms with van der Waals surface area (Å²) < 4.78 is 1.12. The minimum Gasteiger partial charge on any atom is -0.397 e. The molecule has 0 aliphatic rings. The number of fused-ring (bicyclic) bond motifs is 1. The highest BCUT2D eigenvalue weighted by Gasteiger charge is 2.19. The van der Waals surface area contributed by atoms with Gasteiger partial charge in [0.15, 0.2) is 0 Å². The van der Waals surface area contributed by atoms with Crippen molar-refractivity contribution in [2.45, 2.75) is 23.3 Å². The highest BCUT2D eigenvalue weighted by Crippen LogP contribution is 2.45. The van der Waals surface area contributed by atoms with E-state index in [2.05, 4.69) is 35.9 Å². The second-order valence-corrected chi connectivity index (χ2v) is 9.52. The van der Waals surface area contributed by atoms with Crippen molar-refractivity contribution in [2.24, 2.45) is 0 Å². The number of hydrogen-bond acceptors (Lipinski definition) is 7. The van der Waals surface area contributed by atoms with Crippen LogP contribution in [-0.2, 0) is 0 Å². The van der Waals surface area contributed by atoms with E-state index in [0.29, 0.717) is 5.25 Å². The molecule has 0 amide bonds. The van der Waals surface area contributed by atoms with Crippen LogP contribution in [0.3, 0.4) is 0 Å². The highest BCUT2D eigenvalue weighted by molar-refractivity contribution is 8.02. The fourth-order valence-corrected chi connectivity index (χ4v) is 5.73. The SMILES string of the molecule is CC(C)Sc1sc2nc(-c3nccs3)cc(-c3cccnc3)c2c1N. The smallest absolute Gasteiger partial charge is 0.141 e. The van der Waals surface area contributed by atoms with Crippen molar-refractivity contribution in [3.8, 4) is 21.8 Å². The zero-order chi connectivity index (χ0) is 17.4. The summed E-state index contributed by atoms with van der Waals surface area (Å²) >= 11 is 5.03. The molecule has 126 valence electrons. The topological polar surface area (TPSA) is 64.7 Å². The summed E-state index contributed by atoms with van der Waals surface area (Å²) in [5.74, 6) is 0. The van der Waals surface area contributed by atoms with Gasteiger partial charge in [0, 0.05) is 40.2 Å². The predicted octanol–water partition coefficient (Wildman–Crippen LogP) is 5.56. The van der Waals surface area contributed by atoms with Crippen LogP contribution in [0.15, 0.2) is 46.4 Å². The Morgan fingerprint density at radius 3 is 2.80 bits per heavy atom. The molecule has 4 heterocycles. The number of anilines is 1. The van der Waals surface area contributed by atoms with E-state index in [0.717, 1.165) is 41.9 Å². The molecular weight excluding hydrogens is 368 g/mol. The number of nitrogens with zero attached hydrogens (tertiary/aromatic N) is 3. The van der Waals surface area contributed by atoms with Gasteiger partial charge in [-0.3, -0.25) is 4.98 Å². The molecule has 0 aliphatic carbocycles. The predicted molar refractivity (Wildman–Crippen MR) is 109 cm³/mol. The fraction of sp³-hybridized carbons (Fsp3) is 0.167. The van der Waals surface area contributed by atoms with Crippen molar-refractivity contribution >= 4 is 50.3 Å². The summed E-state index contributed by atoms with van der Waals surface area (Å²) in [4.78, 5) is 14.5. The molecule has 0 spiro atoms. The standard InChI is InChI=1S/C18H16N4S3/c1-10(2)24-18-15(19)14-12(11-4-3-5-20-9-11)8-13(22-17(14)25-18)16-21-6-7-23-16/h3-10H,19H2,1-2H3. The van der Waals surface area contributed by atoms with Gasteiger partial charge in [0.1, 0.15) is 15.5 Å². The van der Waals surface area contributed by atoms with Crippen LogP contribution >= 0.6 is 34.4 Å². The van der Waals surface area contributed by atoms with Gasteiger partial charge in [-0.1, -0.05) is 19.9 Å². The maximum absolute atomic E-state index is 6.51. The van der Waals surface area contributed by atoms with Crippen molar-refractivity contribution in [3.63, 3.8) is 0 Å². The van der Waals surface area contributed by atoms with E-state index in [-0.39, 0.29) is 0 Å². The Labute approximate surface area is 158 Å². The lowest BCUT2D eigenvalue weighted by atomic mass is 10.0. The number of thioether (sulfide) groups is 1. The third-order valence-electron chi connectivity index (χ3n) is 3.63. The van der Waals surface area contributed by atoms with E-state index in [1.165, 1.54) is 0 Å². The third kappa shape index (κ3) is 3.15. The number of nitrogens with two attached hydrogens (primary N) is 1. The lowest BCUT2D eigenvalue weighted by Crippen LogP contribution is -1.92. The third-order valence-corrected chi connectivity index (χ3v) is 6.77. The number of aromatic nitrogens is 3. The van der Waals surface area contributed by atoms with E-state index in [9.17, 15) is 0 Å². The summed E-state index contributed by atoms with van der Waals surface area (Å²) in [5.41, 5.74) is 10.3. The molecule has 0 unspecified atom stereocenters. The van der Waals surface area contributed by atoms with Crippen LogP contribution in [0, 0.1) is 0 Å². The Bertz CT molecular complexity index is 1010. The molecule has 7 heteroatoms. The van der Waals surface area contributed by atoms with Crippen LogP contribution in [0.1, 0.15) is 13.8 Å². The number of pyridine rings is 2. The zero-order valence-electron chi connectivity index (χ0n) is 13.8. The average molecular weight is 385 g/mol. The van der Waals surface area contributed by atoms with E-state index in [4.69, 9.17) is 10.7 Å². The number of rotatable bonds is 4. The van der Waals surface area contributed by atoms with E-state index >= 15 is 0 Å². The molecule has 0 aliphatic heterocycles. The summed E-state index contributed by atoms with van der Waals surface area (Å²) in [6.07, 6.45) is 5.45. The lowest BCUT2D eigenvalue weighted by Gasteiger charge is -2.07. The van der Waals surface area contributed by atoms with Gasteiger partial charge in [-0.15, -0.1) is 34.4 Å². The zero-order valence-corrected chi connectivity index (χ0v) is 16.2. The van der Waals surface area contributed by atoms with Crippen molar-refractivity contribution < 1.29 is 0 Å². The molecule has 4 aromatic rings. The molecule has 0 aromatic carbocycles. The highest BCUT2D eigenvalue weighted by atomic mass is 32.2. The molecule has 0 atom stereocenters. The molecule has 0 bridgehead atoms. The van der Waals surface area contributed by atoms with E-state index in [1.807, 2.05) is 17.6 Å². The number of hydrogen-bond donors (Lipinski definition) is 1. The van der Waals surface area contributed by atoms with Crippen molar-refractivity contribution in [3.05, 3.63) is 42.2 Å². The lowest BCUT2D eigenvalue weighted by molar-refractivity contribution is 1.11. The first-order valence-corrected chi connectivity index (χ1v) is 10.4. The van der Waals surface area contributed by atoms with Crippen LogP contribution in [0.4, 0.5) is 5.69 Å². The minimum atomic E-state index is 0.468. The molecule has 0 fully saturated rings. The van der Waals surface area contributed by atoms with Gasteiger partial charge in [0.25, 0.3) is 0 Å². The fourth-order valence-electron chi connectivity index (χ4n) is 2.61. The Morgan fingerprint density at radius 2 is 2.12 bits per heavy atom. The Hall–Kier alpha value is -1.96. The van der Waals surface area contributed by atoms with Crippen molar-refractivity contribution in [1.29, 1.82) is 0 Å². The second-order valence-electron chi connectivity index (χ2n) is 5.78. The molecular formula is C18H16N4S3. The van der Waals surface area contributed by atoms with Gasteiger partial charge in [-0.25, -0.2) is 9.97 Å².